The molecule has 0 radical (unpaired) electrons. The van der Waals surface area contributed by atoms with Gasteiger partial charge in [0.25, 0.3) is 11.1 Å². The van der Waals surface area contributed by atoms with Gasteiger partial charge in [0.2, 0.25) is 16.5 Å². The van der Waals surface area contributed by atoms with E-state index >= 15 is 0 Å². The van der Waals surface area contributed by atoms with Crippen LogP contribution < -0.4 is 11.1 Å². The summed E-state index contributed by atoms with van der Waals surface area (Å²) in [6.07, 6.45) is 0. The molecule has 2 heterocycles. The van der Waals surface area contributed by atoms with Crippen LogP contribution in [-0.2, 0) is 0 Å². The topological polar surface area (TPSA) is 85.6 Å². The first kappa shape index (κ1) is 14.9. The van der Waals surface area contributed by atoms with E-state index in [1.165, 1.54) is 12.1 Å². The molecule has 0 atom stereocenters. The summed E-state index contributed by atoms with van der Waals surface area (Å²) in [6, 6.07) is 12.8. The average Bonchev–Trinajstić information content (AvgIpc) is 3.00. The Hall–Kier alpha value is -3.45. The molecule has 5 rings (SSSR count). The van der Waals surface area contributed by atoms with Gasteiger partial charge in [0.05, 0.1) is 10.8 Å². The molecule has 0 saturated carbocycles. The summed E-state index contributed by atoms with van der Waals surface area (Å²) in [5.74, 6) is -0.766. The van der Waals surface area contributed by atoms with E-state index in [0.29, 0.717) is 5.56 Å². The fourth-order valence-electron chi connectivity index (χ4n) is 3.25. The van der Waals surface area contributed by atoms with Gasteiger partial charge >= 0.3 is 0 Å². The Balaban J connectivity index is 2.03. The van der Waals surface area contributed by atoms with E-state index < -0.39 is 16.9 Å². The zero-order valence-electron chi connectivity index (χ0n) is 13.1. The molecule has 1 aliphatic rings. The van der Waals surface area contributed by atoms with Crippen LogP contribution in [0.5, 0.6) is 0 Å². The van der Waals surface area contributed by atoms with Crippen LogP contribution in [0.25, 0.3) is 15.7 Å². The highest BCUT2D eigenvalue weighted by Gasteiger charge is 2.34. The zero-order valence-corrected chi connectivity index (χ0v) is 13.9. The van der Waals surface area contributed by atoms with Crippen molar-refractivity contribution in [3.63, 3.8) is 0 Å². The van der Waals surface area contributed by atoms with Gasteiger partial charge in [-0.05, 0) is 12.1 Å². The lowest BCUT2D eigenvalue weighted by Crippen LogP contribution is -2.24. The fourth-order valence-corrected chi connectivity index (χ4v) is 4.31. The molecular formula is C19H8N2O4S. The van der Waals surface area contributed by atoms with Gasteiger partial charge < -0.3 is 0 Å². The molecule has 26 heavy (non-hydrogen) atoms. The number of thiazole rings is 1. The van der Waals surface area contributed by atoms with Crippen LogP contribution in [0.1, 0.15) is 31.3 Å². The lowest BCUT2D eigenvalue weighted by atomic mass is 9.91. The normalized spacial score (nSPS) is 13.1. The molecule has 6 nitrogen and oxygen atoms in total. The Morgan fingerprint density at radius 3 is 2.12 bits per heavy atom. The van der Waals surface area contributed by atoms with E-state index in [1.54, 1.807) is 36.4 Å². The summed E-state index contributed by atoms with van der Waals surface area (Å²) in [4.78, 5) is 55.4. The Morgan fingerprint density at radius 2 is 1.38 bits per heavy atom. The van der Waals surface area contributed by atoms with Crippen molar-refractivity contribution < 1.29 is 9.59 Å². The zero-order chi connectivity index (χ0) is 18.0. The molecule has 124 valence electrons. The predicted molar refractivity (Wildman–Crippen MR) is 96.4 cm³/mol. The van der Waals surface area contributed by atoms with E-state index in [2.05, 4.69) is 4.98 Å². The molecule has 0 saturated heterocycles. The molecule has 2 aromatic heterocycles. The highest BCUT2D eigenvalue weighted by Crippen LogP contribution is 2.31. The minimum atomic E-state index is -0.573. The van der Waals surface area contributed by atoms with Crippen molar-refractivity contribution in [2.75, 3.05) is 0 Å². The third-order valence-corrected chi connectivity index (χ3v) is 5.49. The molecular weight excluding hydrogens is 352 g/mol. The summed E-state index contributed by atoms with van der Waals surface area (Å²) >= 11 is 0.889. The lowest BCUT2D eigenvalue weighted by molar-refractivity contribution is 0.0978. The number of fused-ring (bicyclic) bond motifs is 5. The standard InChI is InChI=1S/C19H8N2O4S/c22-14-9-5-1-2-6-10(9)15(23)16-13(14)21-18(25)12-8-4-3-7-11(12)17(24)20-19(21)26-16/h1-8H. The van der Waals surface area contributed by atoms with E-state index in [4.69, 9.17) is 0 Å². The van der Waals surface area contributed by atoms with Gasteiger partial charge in [-0.1, -0.05) is 47.7 Å². The second-order valence-corrected chi connectivity index (χ2v) is 6.85. The van der Waals surface area contributed by atoms with Crippen LogP contribution in [0.3, 0.4) is 0 Å². The molecule has 0 fully saturated rings. The van der Waals surface area contributed by atoms with E-state index in [1.807, 2.05) is 0 Å². The monoisotopic (exact) mass is 360 g/mol. The van der Waals surface area contributed by atoms with Gasteiger partial charge in [-0.15, -0.1) is 0 Å². The van der Waals surface area contributed by atoms with E-state index in [0.717, 1.165) is 15.7 Å². The number of rotatable bonds is 0. The van der Waals surface area contributed by atoms with Gasteiger partial charge in [0.1, 0.15) is 10.6 Å². The maximum absolute atomic E-state index is 13.1. The first-order chi connectivity index (χ1) is 12.6. The number of aromatic nitrogens is 2. The van der Waals surface area contributed by atoms with Gasteiger partial charge in [-0.2, -0.15) is 4.98 Å². The molecule has 2 aromatic carbocycles. The highest BCUT2D eigenvalue weighted by molar-refractivity contribution is 7.19. The molecule has 0 spiro atoms. The molecule has 0 unspecified atom stereocenters. The molecule has 0 bridgehead atoms. The molecule has 1 aliphatic carbocycles. The maximum atomic E-state index is 13.1. The Morgan fingerprint density at radius 1 is 0.769 bits per heavy atom. The molecule has 0 N–H and O–H groups in total. The first-order valence-electron chi connectivity index (χ1n) is 7.75. The summed E-state index contributed by atoms with van der Waals surface area (Å²) in [5.41, 5.74) is -0.595. The van der Waals surface area contributed by atoms with E-state index in [9.17, 15) is 19.2 Å². The molecule has 0 amide bonds. The number of hydrogen-bond acceptors (Lipinski definition) is 6. The number of ketones is 2. The number of benzene rings is 2. The second kappa shape index (κ2) is 5.03. The van der Waals surface area contributed by atoms with Crippen molar-refractivity contribution in [2.24, 2.45) is 0 Å². The second-order valence-electron chi connectivity index (χ2n) is 5.87. The van der Waals surface area contributed by atoms with E-state index in [-0.39, 0.29) is 37.7 Å². The third-order valence-electron chi connectivity index (χ3n) is 4.45. The SMILES string of the molecule is O=C1c2ccccc2C(=O)c2c1sc1nc(=O)c3ccccc3c(=O)n21. The summed E-state index contributed by atoms with van der Waals surface area (Å²) in [6.45, 7) is 0. The van der Waals surface area contributed by atoms with Crippen molar-refractivity contribution in [1.29, 1.82) is 0 Å². The predicted octanol–water partition coefficient (Wildman–Crippen LogP) is 2.04. The van der Waals surface area contributed by atoms with Crippen molar-refractivity contribution >= 4 is 38.6 Å². The van der Waals surface area contributed by atoms with Crippen molar-refractivity contribution in [3.05, 3.63) is 90.9 Å². The fraction of sp³-hybridized carbons (Fsp3) is 0. The largest absolute Gasteiger partial charge is 0.288 e. The Labute approximate surface area is 149 Å². The van der Waals surface area contributed by atoms with Gasteiger partial charge in [-0.25, -0.2) is 4.40 Å². The Kier molecular flexibility index (Phi) is 2.87. The average molecular weight is 360 g/mol. The van der Waals surface area contributed by atoms with Crippen LogP contribution in [0.15, 0.2) is 58.1 Å². The molecule has 0 aliphatic heterocycles. The summed E-state index contributed by atoms with van der Waals surface area (Å²) < 4.78 is 1.10. The van der Waals surface area contributed by atoms with Crippen molar-refractivity contribution in [1.82, 2.24) is 9.38 Å². The van der Waals surface area contributed by atoms with Gasteiger partial charge in [0, 0.05) is 11.1 Å². The minimum Gasteiger partial charge on any atom is -0.288 e. The number of carbonyl (C=O) groups is 2. The van der Waals surface area contributed by atoms with Gasteiger partial charge in [-0.3, -0.25) is 19.2 Å². The summed E-state index contributed by atoms with van der Waals surface area (Å²) in [7, 11) is 0. The van der Waals surface area contributed by atoms with Crippen LogP contribution >= 0.6 is 11.3 Å². The smallest absolute Gasteiger partial charge is 0.280 e. The van der Waals surface area contributed by atoms with Gasteiger partial charge in [0.15, 0.2) is 0 Å². The third kappa shape index (κ3) is 1.77. The van der Waals surface area contributed by atoms with Crippen molar-refractivity contribution in [2.45, 2.75) is 0 Å². The van der Waals surface area contributed by atoms with Crippen molar-refractivity contribution in [3.8, 4) is 0 Å². The minimum absolute atomic E-state index is 0.0213. The van der Waals surface area contributed by atoms with Crippen LogP contribution in [0.2, 0.25) is 0 Å². The van der Waals surface area contributed by atoms with Crippen LogP contribution in [0.4, 0.5) is 0 Å². The Bertz CT molecular complexity index is 1420. The first-order valence-corrected chi connectivity index (χ1v) is 8.56. The number of hydrogen-bond donors (Lipinski definition) is 0. The summed E-state index contributed by atoms with van der Waals surface area (Å²) in [5, 5.41) is 0.335. The highest BCUT2D eigenvalue weighted by atomic mass is 32.1. The van der Waals surface area contributed by atoms with Crippen LogP contribution in [0, 0.1) is 0 Å². The molecule has 7 heteroatoms. The lowest BCUT2D eigenvalue weighted by Gasteiger charge is -2.13. The maximum Gasteiger partial charge on any atom is 0.280 e. The quantitative estimate of drug-likeness (QED) is 0.422. The number of nitrogens with zero attached hydrogens (tertiary/aromatic N) is 2. The number of carbonyl (C=O) groups excluding carboxylic acids is 2. The molecule has 4 aromatic rings. The van der Waals surface area contributed by atoms with Crippen LogP contribution in [-0.4, -0.2) is 21.0 Å².